The van der Waals surface area contributed by atoms with Crippen LogP contribution in [-0.2, 0) is 11.3 Å². The lowest BCUT2D eigenvalue weighted by Gasteiger charge is -2.14. The van der Waals surface area contributed by atoms with Crippen molar-refractivity contribution < 1.29 is 4.79 Å². The van der Waals surface area contributed by atoms with Gasteiger partial charge in [0.1, 0.15) is 0 Å². The molecule has 0 saturated heterocycles. The second-order valence-corrected chi connectivity index (χ2v) is 5.03. The van der Waals surface area contributed by atoms with Crippen LogP contribution in [0.3, 0.4) is 0 Å². The summed E-state index contributed by atoms with van der Waals surface area (Å²) in [5.74, 6) is 0.151. The van der Waals surface area contributed by atoms with E-state index in [1.54, 1.807) is 11.3 Å². The van der Waals surface area contributed by atoms with E-state index in [0.29, 0.717) is 6.54 Å². The van der Waals surface area contributed by atoms with Crippen molar-refractivity contribution in [3.8, 4) is 0 Å². The highest BCUT2D eigenvalue weighted by molar-refractivity contribution is 7.09. The number of carbonyl (C=O) groups excluding carboxylic acids is 1. The van der Waals surface area contributed by atoms with Gasteiger partial charge in [-0.25, -0.2) is 0 Å². The van der Waals surface area contributed by atoms with E-state index < -0.39 is 0 Å². The first-order valence-electron chi connectivity index (χ1n) is 5.33. The molecule has 0 radical (unpaired) electrons. The highest BCUT2D eigenvalue weighted by atomic mass is 32.1. The maximum atomic E-state index is 11.8. The average Bonchev–Trinajstić information content (AvgIpc) is 2.84. The average molecular weight is 224 g/mol. The van der Waals surface area contributed by atoms with Gasteiger partial charge in [0.15, 0.2) is 0 Å². The van der Waals surface area contributed by atoms with Crippen LogP contribution in [0.2, 0.25) is 0 Å². The fraction of sp³-hybridized carbons (Fsp3) is 0.545. The molecule has 3 nitrogen and oxygen atoms in total. The summed E-state index contributed by atoms with van der Waals surface area (Å²) in [7, 11) is 0. The quantitative estimate of drug-likeness (QED) is 0.817. The largest absolute Gasteiger partial charge is 0.351 e. The van der Waals surface area contributed by atoms with Crippen molar-refractivity contribution >= 4 is 17.2 Å². The molecule has 1 aromatic rings. The van der Waals surface area contributed by atoms with Crippen LogP contribution >= 0.6 is 11.3 Å². The van der Waals surface area contributed by atoms with Crippen LogP contribution in [-0.4, -0.2) is 11.9 Å². The van der Waals surface area contributed by atoms with E-state index >= 15 is 0 Å². The third kappa shape index (κ3) is 2.58. The minimum Gasteiger partial charge on any atom is -0.351 e. The van der Waals surface area contributed by atoms with Crippen molar-refractivity contribution in [1.29, 1.82) is 0 Å². The summed E-state index contributed by atoms with van der Waals surface area (Å²) in [4.78, 5) is 13.0. The number of hydrogen-bond donors (Lipinski definition) is 2. The molecule has 0 aliphatic heterocycles. The first-order chi connectivity index (χ1) is 7.27. The molecule has 2 atom stereocenters. The summed E-state index contributed by atoms with van der Waals surface area (Å²) >= 11 is 1.66. The van der Waals surface area contributed by atoms with Gasteiger partial charge in [0.05, 0.1) is 12.5 Å². The molecular formula is C11H16N2OS. The van der Waals surface area contributed by atoms with Gasteiger partial charge >= 0.3 is 0 Å². The number of nitrogens with two attached hydrogens (primary N) is 1. The van der Waals surface area contributed by atoms with Crippen molar-refractivity contribution in [2.24, 2.45) is 11.7 Å². The first kappa shape index (κ1) is 10.6. The number of thiophene rings is 1. The second kappa shape index (κ2) is 4.77. The molecule has 15 heavy (non-hydrogen) atoms. The van der Waals surface area contributed by atoms with Crippen LogP contribution in [0.15, 0.2) is 17.5 Å². The Morgan fingerprint density at radius 2 is 2.47 bits per heavy atom. The predicted octanol–water partition coefficient (Wildman–Crippen LogP) is 1.49. The monoisotopic (exact) mass is 224 g/mol. The highest BCUT2D eigenvalue weighted by Crippen LogP contribution is 2.24. The van der Waals surface area contributed by atoms with E-state index in [4.69, 9.17) is 5.73 Å². The fourth-order valence-electron chi connectivity index (χ4n) is 2.03. The molecule has 1 aliphatic rings. The lowest BCUT2D eigenvalue weighted by molar-refractivity contribution is -0.125. The zero-order valence-corrected chi connectivity index (χ0v) is 9.43. The number of carbonyl (C=O) groups is 1. The topological polar surface area (TPSA) is 55.1 Å². The predicted molar refractivity (Wildman–Crippen MR) is 61.5 cm³/mol. The molecule has 4 heteroatoms. The Morgan fingerprint density at radius 3 is 3.07 bits per heavy atom. The molecular weight excluding hydrogens is 208 g/mol. The third-order valence-corrected chi connectivity index (χ3v) is 3.80. The van der Waals surface area contributed by atoms with Gasteiger partial charge in [0.2, 0.25) is 5.91 Å². The number of amides is 1. The van der Waals surface area contributed by atoms with E-state index in [0.717, 1.165) is 19.3 Å². The van der Waals surface area contributed by atoms with E-state index in [1.807, 2.05) is 17.5 Å². The van der Waals surface area contributed by atoms with Gasteiger partial charge in [-0.2, -0.15) is 0 Å². The van der Waals surface area contributed by atoms with Gasteiger partial charge < -0.3 is 11.1 Å². The maximum Gasteiger partial charge on any atom is 0.224 e. The normalized spacial score (nSPS) is 25.4. The van der Waals surface area contributed by atoms with Gasteiger partial charge in [-0.05, 0) is 24.3 Å². The molecule has 1 aromatic heterocycles. The van der Waals surface area contributed by atoms with Crippen LogP contribution < -0.4 is 11.1 Å². The van der Waals surface area contributed by atoms with E-state index in [-0.39, 0.29) is 17.9 Å². The first-order valence-corrected chi connectivity index (χ1v) is 6.21. The minimum atomic E-state index is 0.0324. The molecule has 2 unspecified atom stereocenters. The molecule has 2 rings (SSSR count). The number of hydrogen-bond acceptors (Lipinski definition) is 3. The summed E-state index contributed by atoms with van der Waals surface area (Å²) in [5.41, 5.74) is 5.87. The number of nitrogens with one attached hydrogen (secondary N) is 1. The Kier molecular flexibility index (Phi) is 3.38. The molecule has 82 valence electrons. The highest BCUT2D eigenvalue weighted by Gasteiger charge is 2.29. The zero-order valence-electron chi connectivity index (χ0n) is 8.61. The summed E-state index contributed by atoms with van der Waals surface area (Å²) < 4.78 is 0. The van der Waals surface area contributed by atoms with Crippen molar-refractivity contribution in [3.05, 3.63) is 22.4 Å². The fourth-order valence-corrected chi connectivity index (χ4v) is 2.68. The van der Waals surface area contributed by atoms with E-state index in [9.17, 15) is 4.79 Å². The van der Waals surface area contributed by atoms with Gasteiger partial charge in [0, 0.05) is 10.9 Å². The Hall–Kier alpha value is -0.870. The van der Waals surface area contributed by atoms with Gasteiger partial charge in [0.25, 0.3) is 0 Å². The maximum absolute atomic E-state index is 11.8. The van der Waals surface area contributed by atoms with Crippen LogP contribution in [0.4, 0.5) is 0 Å². The molecule has 3 N–H and O–H groups in total. The Morgan fingerprint density at radius 1 is 1.60 bits per heavy atom. The van der Waals surface area contributed by atoms with Crippen molar-refractivity contribution in [2.75, 3.05) is 0 Å². The molecule has 0 aromatic carbocycles. The van der Waals surface area contributed by atoms with Gasteiger partial charge in [-0.1, -0.05) is 12.5 Å². The van der Waals surface area contributed by atoms with Crippen molar-refractivity contribution in [2.45, 2.75) is 31.8 Å². The molecule has 1 heterocycles. The smallest absolute Gasteiger partial charge is 0.224 e. The second-order valence-electron chi connectivity index (χ2n) is 4.00. The third-order valence-electron chi connectivity index (χ3n) is 2.92. The van der Waals surface area contributed by atoms with E-state index in [2.05, 4.69) is 5.32 Å². The molecule has 1 fully saturated rings. The molecule has 0 bridgehead atoms. The SMILES string of the molecule is NC1CCCC1C(=O)NCc1cccs1. The zero-order chi connectivity index (χ0) is 10.7. The summed E-state index contributed by atoms with van der Waals surface area (Å²) in [6.07, 6.45) is 3.01. The van der Waals surface area contributed by atoms with Crippen LogP contribution in [0.5, 0.6) is 0 Å². The van der Waals surface area contributed by atoms with Crippen molar-refractivity contribution in [3.63, 3.8) is 0 Å². The van der Waals surface area contributed by atoms with Crippen molar-refractivity contribution in [1.82, 2.24) is 5.32 Å². The Balaban J connectivity index is 1.82. The van der Waals surface area contributed by atoms with E-state index in [1.165, 1.54) is 4.88 Å². The number of rotatable bonds is 3. The summed E-state index contributed by atoms with van der Waals surface area (Å²) in [6.45, 7) is 0.639. The van der Waals surface area contributed by atoms with Gasteiger partial charge in [-0.15, -0.1) is 11.3 Å². The standard InChI is InChI=1S/C11H16N2OS/c12-10-5-1-4-9(10)11(14)13-7-8-3-2-6-15-8/h2-3,6,9-10H,1,4-5,7,12H2,(H,13,14). The van der Waals surface area contributed by atoms with Gasteiger partial charge in [-0.3, -0.25) is 4.79 Å². The van der Waals surface area contributed by atoms with Crippen LogP contribution in [0.1, 0.15) is 24.1 Å². The molecule has 1 aliphatic carbocycles. The molecule has 1 amide bonds. The minimum absolute atomic E-state index is 0.0324. The Labute approximate surface area is 93.7 Å². The molecule has 1 saturated carbocycles. The lowest BCUT2D eigenvalue weighted by atomic mass is 10.0. The summed E-state index contributed by atoms with van der Waals surface area (Å²) in [5, 5.41) is 4.97. The molecule has 0 spiro atoms. The summed E-state index contributed by atoms with van der Waals surface area (Å²) in [6, 6.07) is 4.08. The van der Waals surface area contributed by atoms with Crippen LogP contribution in [0.25, 0.3) is 0 Å². The Bertz CT molecular complexity index is 323. The van der Waals surface area contributed by atoms with Crippen LogP contribution in [0, 0.1) is 5.92 Å². The lowest BCUT2D eigenvalue weighted by Crippen LogP contribution is -2.38.